The summed E-state index contributed by atoms with van der Waals surface area (Å²) in [5, 5.41) is 73.6. The van der Waals surface area contributed by atoms with Gasteiger partial charge in [0.1, 0.15) is 6.10 Å². The molecule has 0 aromatic heterocycles. The van der Waals surface area contributed by atoms with Gasteiger partial charge >= 0.3 is 0 Å². The lowest BCUT2D eigenvalue weighted by Crippen LogP contribution is -2.88. The summed E-state index contributed by atoms with van der Waals surface area (Å²) in [6, 6.07) is 0. The predicted octanol–water partition coefficient (Wildman–Crippen LogP) is 3.85. The Kier molecular flexibility index (Phi) is 7.44. The number of allylic oxidation sites excluding steroid dienone is 1. The molecule has 3 heterocycles. The van der Waals surface area contributed by atoms with Crippen molar-refractivity contribution < 1.29 is 44.8 Å². The quantitative estimate of drug-likeness (QED) is 0.241. The van der Waals surface area contributed by atoms with Crippen LogP contribution in [-0.4, -0.2) is 92.6 Å². The van der Waals surface area contributed by atoms with Gasteiger partial charge in [-0.2, -0.15) is 0 Å². The van der Waals surface area contributed by atoms with Gasteiger partial charge in [0.15, 0.2) is 6.29 Å². The van der Waals surface area contributed by atoms with Crippen molar-refractivity contribution in [2.24, 2.45) is 68.5 Å². The first-order chi connectivity index (χ1) is 23.6. The Balaban J connectivity index is 1.10. The summed E-state index contributed by atoms with van der Waals surface area (Å²) in [7, 11) is 0. The van der Waals surface area contributed by atoms with Crippen molar-refractivity contribution in [2.75, 3.05) is 13.2 Å². The van der Waals surface area contributed by atoms with E-state index in [-0.39, 0.29) is 30.0 Å². The van der Waals surface area contributed by atoms with E-state index < -0.39 is 82.0 Å². The molecule has 50 heavy (non-hydrogen) atoms. The lowest BCUT2D eigenvalue weighted by Gasteiger charge is -2.77. The van der Waals surface area contributed by atoms with Crippen LogP contribution in [0.4, 0.5) is 0 Å². The van der Waals surface area contributed by atoms with Gasteiger partial charge in [0.2, 0.25) is 5.79 Å². The summed E-state index contributed by atoms with van der Waals surface area (Å²) in [6.45, 7) is 17.7. The summed E-state index contributed by atoms with van der Waals surface area (Å²) >= 11 is 0. The molecular formula is C41H60O9. The number of aliphatic hydroxyl groups is 6. The fraction of sp³-hybridized carbons (Fsp3) is 0.854. The maximum atomic E-state index is 12.9. The first-order valence-electron chi connectivity index (χ1n) is 19.6. The summed E-state index contributed by atoms with van der Waals surface area (Å²) in [5.41, 5.74) is -1.47. The van der Waals surface area contributed by atoms with E-state index in [4.69, 9.17) is 14.2 Å². The zero-order chi connectivity index (χ0) is 35.6. The van der Waals surface area contributed by atoms with Gasteiger partial charge in [-0.25, -0.2) is 0 Å². The monoisotopic (exact) mass is 696 g/mol. The van der Waals surface area contributed by atoms with Crippen molar-refractivity contribution in [3.63, 3.8) is 0 Å². The molecule has 9 heteroatoms. The number of rotatable bonds is 4. The van der Waals surface area contributed by atoms with Crippen LogP contribution >= 0.6 is 0 Å². The fourth-order valence-electron chi connectivity index (χ4n) is 15.4. The van der Waals surface area contributed by atoms with Crippen LogP contribution in [0.3, 0.4) is 0 Å². The van der Waals surface area contributed by atoms with Gasteiger partial charge in [-0.1, -0.05) is 46.4 Å². The zero-order valence-corrected chi connectivity index (χ0v) is 30.3. The van der Waals surface area contributed by atoms with Crippen molar-refractivity contribution in [3.8, 4) is 0 Å². The Labute approximate surface area is 296 Å². The van der Waals surface area contributed by atoms with Crippen LogP contribution in [0.15, 0.2) is 36.5 Å². The first kappa shape index (κ1) is 34.6. The minimum absolute atomic E-state index is 0.0755. The molecule has 0 aromatic rings. The van der Waals surface area contributed by atoms with Crippen molar-refractivity contribution in [2.45, 2.75) is 134 Å². The molecule has 3 saturated heterocycles. The normalized spacial score (nSPS) is 60.2. The third kappa shape index (κ3) is 3.72. The molecule has 4 bridgehead atoms. The molecule has 6 saturated carbocycles. The minimum Gasteiger partial charge on any atom is -0.392 e. The third-order valence-electron chi connectivity index (χ3n) is 17.6. The van der Waals surface area contributed by atoms with Crippen LogP contribution in [-0.2, 0) is 14.2 Å². The summed E-state index contributed by atoms with van der Waals surface area (Å²) in [4.78, 5) is 0. The second kappa shape index (κ2) is 10.8. The Morgan fingerprint density at radius 3 is 2.38 bits per heavy atom. The molecule has 10 rings (SSSR count). The fourth-order valence-corrected chi connectivity index (χ4v) is 15.4. The Morgan fingerprint density at radius 2 is 1.64 bits per heavy atom. The van der Waals surface area contributed by atoms with Crippen LogP contribution < -0.4 is 0 Å². The molecule has 9 nitrogen and oxygen atoms in total. The molecule has 0 radical (unpaired) electrons. The summed E-state index contributed by atoms with van der Waals surface area (Å²) < 4.78 is 20.0. The van der Waals surface area contributed by atoms with Crippen LogP contribution in [0, 0.1) is 68.5 Å². The zero-order valence-electron chi connectivity index (χ0n) is 30.3. The molecule has 6 N–H and O–H groups in total. The number of hydrogen-bond acceptors (Lipinski definition) is 9. The summed E-state index contributed by atoms with van der Waals surface area (Å²) in [6.07, 6.45) is 4.26. The highest BCUT2D eigenvalue weighted by Crippen LogP contribution is 2.79. The average molecular weight is 697 g/mol. The Morgan fingerprint density at radius 1 is 0.900 bits per heavy atom. The second-order valence-electron chi connectivity index (χ2n) is 19.5. The van der Waals surface area contributed by atoms with Gasteiger partial charge in [-0.3, -0.25) is 0 Å². The summed E-state index contributed by atoms with van der Waals surface area (Å²) in [5.74, 6) is -3.53. The molecule has 9 fully saturated rings. The van der Waals surface area contributed by atoms with E-state index in [1.54, 1.807) is 6.08 Å². The molecule has 2 spiro atoms. The average Bonchev–Trinajstić information content (AvgIpc) is 3.50. The molecule has 278 valence electrons. The van der Waals surface area contributed by atoms with Crippen LogP contribution in [0.25, 0.3) is 0 Å². The van der Waals surface area contributed by atoms with Gasteiger partial charge in [0.05, 0.1) is 54.6 Å². The topological polar surface area (TPSA) is 149 Å². The SMILES string of the molecule is C=C[C@@H]1[C@@H]2CC[C@H]3[C@@]45C(OC[C@]6(C)[C@@H]7CC=C8[C@@H]9OCC(=C)[C@H]9CC[C@@H]8[C@@]7(C)CC[C@H]6O)O[C@](O)([C@@H](O)[C@@H]4C(C)(C)CC[C@@H]5O)[C@@]3([C@@H]1O)[C@@H]2O. The number of hydrogen-bond donors (Lipinski definition) is 6. The predicted molar refractivity (Wildman–Crippen MR) is 184 cm³/mol. The molecule has 19 atom stereocenters. The highest BCUT2D eigenvalue weighted by molar-refractivity contribution is 5.34. The first-order valence-corrected chi connectivity index (χ1v) is 19.6. The highest BCUT2D eigenvalue weighted by atomic mass is 16.8. The molecular weight excluding hydrogens is 636 g/mol. The van der Waals surface area contributed by atoms with Crippen molar-refractivity contribution >= 4 is 0 Å². The molecule has 0 amide bonds. The molecule has 10 aliphatic rings. The van der Waals surface area contributed by atoms with Crippen molar-refractivity contribution in [3.05, 3.63) is 36.5 Å². The smallest absolute Gasteiger partial charge is 0.206 e. The van der Waals surface area contributed by atoms with E-state index in [1.165, 1.54) is 11.1 Å². The van der Waals surface area contributed by atoms with E-state index in [0.29, 0.717) is 50.5 Å². The molecule has 3 aliphatic heterocycles. The van der Waals surface area contributed by atoms with Gasteiger partial charge in [-0.15, -0.1) is 6.58 Å². The van der Waals surface area contributed by atoms with Crippen LogP contribution in [0.1, 0.15) is 85.5 Å². The lowest BCUT2D eigenvalue weighted by atomic mass is 9.35. The van der Waals surface area contributed by atoms with Gasteiger partial charge in [0, 0.05) is 23.2 Å². The third-order valence-corrected chi connectivity index (χ3v) is 17.6. The van der Waals surface area contributed by atoms with E-state index >= 15 is 0 Å². The number of fused-ring (bicyclic) bond motifs is 7. The molecule has 7 aliphatic carbocycles. The number of ether oxygens (including phenoxy) is 3. The van der Waals surface area contributed by atoms with E-state index in [9.17, 15) is 30.6 Å². The Hall–Kier alpha value is -1.14. The van der Waals surface area contributed by atoms with Crippen LogP contribution in [0.5, 0.6) is 0 Å². The number of aliphatic hydroxyl groups excluding tert-OH is 5. The van der Waals surface area contributed by atoms with Crippen LogP contribution in [0.2, 0.25) is 0 Å². The molecule has 1 unspecified atom stereocenters. The Bertz CT molecular complexity index is 1490. The largest absolute Gasteiger partial charge is 0.392 e. The maximum Gasteiger partial charge on any atom is 0.206 e. The molecule has 0 aromatic carbocycles. The lowest BCUT2D eigenvalue weighted by molar-refractivity contribution is -0.528. The van der Waals surface area contributed by atoms with E-state index in [2.05, 4.69) is 46.9 Å². The van der Waals surface area contributed by atoms with Gasteiger partial charge in [-0.05, 0) is 103 Å². The second-order valence-corrected chi connectivity index (χ2v) is 19.5. The minimum atomic E-state index is -2.33. The van der Waals surface area contributed by atoms with Gasteiger partial charge < -0.3 is 44.8 Å². The maximum absolute atomic E-state index is 12.9. The van der Waals surface area contributed by atoms with E-state index in [0.717, 1.165) is 25.7 Å². The van der Waals surface area contributed by atoms with Crippen molar-refractivity contribution in [1.82, 2.24) is 0 Å². The van der Waals surface area contributed by atoms with Crippen molar-refractivity contribution in [1.29, 1.82) is 0 Å². The van der Waals surface area contributed by atoms with Gasteiger partial charge in [0.25, 0.3) is 0 Å². The highest BCUT2D eigenvalue weighted by Gasteiger charge is 2.89. The standard InChI is InChI=1S/C41H60O9/c1-7-21-23-9-13-27-39-29(43)14-16-36(3,4)31(39)34(46)41(47,40(27,32(21)44)33(23)45)50-35(39)49-19-38(6)26-12-10-24-25(37(26,5)17-15-28(38)42)11-8-22-20(2)18-48-30(22)24/h7,10,21-23,25-35,42-47H,1-2,8-9,11-19H2,3-6H3/t21-,22-,23+,25+,26-,27+,28-,29+,30-,31-,32-,33-,34+,35?,37-,38-,39+,40+,41-/m1/s1. The van der Waals surface area contributed by atoms with E-state index in [1.807, 2.05) is 0 Å².